The van der Waals surface area contributed by atoms with Gasteiger partial charge in [-0.05, 0) is 42.4 Å². The Morgan fingerprint density at radius 3 is 2.94 bits per heavy atom. The van der Waals surface area contributed by atoms with Crippen LogP contribution in [0.25, 0.3) is 0 Å². The Balaban J connectivity index is 1.76. The molecule has 3 nitrogen and oxygen atoms in total. The average Bonchev–Trinajstić information content (AvgIpc) is 2.97. The Morgan fingerprint density at radius 2 is 2.22 bits per heavy atom. The summed E-state index contributed by atoms with van der Waals surface area (Å²) in [5.41, 5.74) is 10.4. The van der Waals surface area contributed by atoms with E-state index in [9.17, 15) is 0 Å². The number of rotatable bonds is 3. The summed E-state index contributed by atoms with van der Waals surface area (Å²) in [5.74, 6) is 0.511. The first kappa shape index (κ1) is 11.5. The SMILES string of the molecule is CCn1cc(CC2Cc3ccccc3C2N)cn1. The molecule has 1 aromatic carbocycles. The van der Waals surface area contributed by atoms with E-state index in [1.54, 1.807) is 0 Å². The minimum atomic E-state index is 0.172. The van der Waals surface area contributed by atoms with Gasteiger partial charge in [0.2, 0.25) is 0 Å². The van der Waals surface area contributed by atoms with E-state index in [4.69, 9.17) is 5.73 Å². The highest BCUT2D eigenvalue weighted by Crippen LogP contribution is 2.35. The van der Waals surface area contributed by atoms with Crippen LogP contribution in [0.2, 0.25) is 0 Å². The smallest absolute Gasteiger partial charge is 0.0521 e. The second-order valence-electron chi connectivity index (χ2n) is 5.10. The molecule has 94 valence electrons. The van der Waals surface area contributed by atoms with Crippen molar-refractivity contribution >= 4 is 0 Å². The third-order valence-electron chi connectivity index (χ3n) is 3.91. The Kier molecular flexibility index (Phi) is 2.92. The fourth-order valence-electron chi connectivity index (χ4n) is 2.90. The third kappa shape index (κ3) is 1.95. The van der Waals surface area contributed by atoms with Crippen molar-refractivity contribution in [2.24, 2.45) is 11.7 Å². The molecule has 2 aromatic rings. The van der Waals surface area contributed by atoms with Crippen molar-refractivity contribution in [3.05, 3.63) is 53.3 Å². The van der Waals surface area contributed by atoms with Crippen LogP contribution in [0, 0.1) is 5.92 Å². The maximum absolute atomic E-state index is 6.35. The van der Waals surface area contributed by atoms with E-state index in [1.165, 1.54) is 16.7 Å². The van der Waals surface area contributed by atoms with Gasteiger partial charge in [0, 0.05) is 18.8 Å². The van der Waals surface area contributed by atoms with Crippen LogP contribution in [-0.2, 0) is 19.4 Å². The lowest BCUT2D eigenvalue weighted by Crippen LogP contribution is -2.18. The van der Waals surface area contributed by atoms with Gasteiger partial charge in [0.1, 0.15) is 0 Å². The maximum Gasteiger partial charge on any atom is 0.0521 e. The number of aryl methyl sites for hydroxylation is 1. The van der Waals surface area contributed by atoms with E-state index in [1.807, 2.05) is 10.9 Å². The molecule has 3 heteroatoms. The fraction of sp³-hybridized carbons (Fsp3) is 0.400. The molecule has 1 aromatic heterocycles. The number of nitrogens with zero attached hydrogens (tertiary/aromatic N) is 2. The lowest BCUT2D eigenvalue weighted by molar-refractivity contribution is 0.464. The molecular formula is C15H19N3. The molecule has 2 atom stereocenters. The maximum atomic E-state index is 6.35. The molecule has 0 radical (unpaired) electrons. The van der Waals surface area contributed by atoms with Crippen molar-refractivity contribution in [2.75, 3.05) is 0 Å². The Bertz CT molecular complexity index is 544. The Hall–Kier alpha value is -1.61. The van der Waals surface area contributed by atoms with Crippen molar-refractivity contribution in [3.8, 4) is 0 Å². The van der Waals surface area contributed by atoms with E-state index >= 15 is 0 Å². The van der Waals surface area contributed by atoms with E-state index in [0.29, 0.717) is 5.92 Å². The van der Waals surface area contributed by atoms with Crippen molar-refractivity contribution in [3.63, 3.8) is 0 Å². The molecular weight excluding hydrogens is 222 g/mol. The monoisotopic (exact) mass is 241 g/mol. The molecule has 0 spiro atoms. The lowest BCUT2D eigenvalue weighted by Gasteiger charge is -2.14. The van der Waals surface area contributed by atoms with Crippen LogP contribution in [-0.4, -0.2) is 9.78 Å². The van der Waals surface area contributed by atoms with Crippen molar-refractivity contribution < 1.29 is 0 Å². The highest BCUT2D eigenvalue weighted by Gasteiger charge is 2.29. The first-order chi connectivity index (χ1) is 8.78. The molecule has 0 bridgehead atoms. The molecule has 0 saturated heterocycles. The molecule has 3 rings (SSSR count). The topological polar surface area (TPSA) is 43.8 Å². The minimum Gasteiger partial charge on any atom is -0.324 e. The molecule has 0 saturated carbocycles. The van der Waals surface area contributed by atoms with Crippen LogP contribution >= 0.6 is 0 Å². The predicted octanol–water partition coefficient (Wildman–Crippen LogP) is 2.32. The van der Waals surface area contributed by atoms with Crippen molar-refractivity contribution in [1.82, 2.24) is 9.78 Å². The summed E-state index contributed by atoms with van der Waals surface area (Å²) in [7, 11) is 0. The first-order valence-corrected chi connectivity index (χ1v) is 6.62. The summed E-state index contributed by atoms with van der Waals surface area (Å²) >= 11 is 0. The largest absolute Gasteiger partial charge is 0.324 e. The van der Waals surface area contributed by atoms with Crippen LogP contribution in [0.3, 0.4) is 0 Å². The summed E-state index contributed by atoms with van der Waals surface area (Å²) in [6.07, 6.45) is 6.22. The quantitative estimate of drug-likeness (QED) is 0.896. The number of nitrogens with two attached hydrogens (primary N) is 1. The van der Waals surface area contributed by atoms with Crippen LogP contribution < -0.4 is 5.73 Å². The zero-order valence-corrected chi connectivity index (χ0v) is 10.7. The van der Waals surface area contributed by atoms with Gasteiger partial charge >= 0.3 is 0 Å². The second-order valence-corrected chi connectivity index (χ2v) is 5.10. The van der Waals surface area contributed by atoms with Gasteiger partial charge in [-0.3, -0.25) is 4.68 Å². The molecule has 1 aliphatic rings. The van der Waals surface area contributed by atoms with Crippen molar-refractivity contribution in [2.45, 2.75) is 32.4 Å². The minimum absolute atomic E-state index is 0.172. The van der Waals surface area contributed by atoms with Gasteiger partial charge in [0.15, 0.2) is 0 Å². The molecule has 18 heavy (non-hydrogen) atoms. The van der Waals surface area contributed by atoms with Crippen LogP contribution in [0.5, 0.6) is 0 Å². The molecule has 2 unspecified atom stereocenters. The lowest BCUT2D eigenvalue weighted by atomic mass is 9.95. The zero-order valence-electron chi connectivity index (χ0n) is 10.7. The van der Waals surface area contributed by atoms with Crippen LogP contribution in [0.15, 0.2) is 36.7 Å². The predicted molar refractivity (Wildman–Crippen MR) is 72.2 cm³/mol. The van der Waals surface area contributed by atoms with Gasteiger partial charge in [-0.2, -0.15) is 5.10 Å². The Labute approximate surface area is 108 Å². The molecule has 0 aliphatic heterocycles. The molecule has 2 N–H and O–H groups in total. The van der Waals surface area contributed by atoms with E-state index in [0.717, 1.165) is 19.4 Å². The normalized spacial score (nSPS) is 22.1. The summed E-state index contributed by atoms with van der Waals surface area (Å²) in [5, 5.41) is 4.33. The number of aromatic nitrogens is 2. The summed E-state index contributed by atoms with van der Waals surface area (Å²) in [4.78, 5) is 0. The number of hydrogen-bond donors (Lipinski definition) is 1. The third-order valence-corrected chi connectivity index (χ3v) is 3.91. The first-order valence-electron chi connectivity index (χ1n) is 6.62. The van der Waals surface area contributed by atoms with E-state index < -0.39 is 0 Å². The standard InChI is InChI=1S/C15H19N3/c1-2-18-10-11(9-17-18)7-13-8-12-5-3-4-6-14(12)15(13)16/h3-6,9-10,13,15H,2,7-8,16H2,1H3. The number of hydrogen-bond acceptors (Lipinski definition) is 2. The fourth-order valence-corrected chi connectivity index (χ4v) is 2.90. The van der Waals surface area contributed by atoms with Gasteiger partial charge in [-0.1, -0.05) is 24.3 Å². The van der Waals surface area contributed by atoms with Gasteiger partial charge in [-0.25, -0.2) is 0 Å². The van der Waals surface area contributed by atoms with E-state index in [2.05, 4.69) is 42.5 Å². The molecule has 1 heterocycles. The molecule has 0 fully saturated rings. The number of fused-ring (bicyclic) bond motifs is 1. The second kappa shape index (κ2) is 4.58. The molecule has 1 aliphatic carbocycles. The van der Waals surface area contributed by atoms with Gasteiger partial charge in [0.05, 0.1) is 6.20 Å². The van der Waals surface area contributed by atoms with Crippen molar-refractivity contribution in [1.29, 1.82) is 0 Å². The highest BCUT2D eigenvalue weighted by atomic mass is 15.3. The average molecular weight is 241 g/mol. The zero-order chi connectivity index (χ0) is 12.5. The van der Waals surface area contributed by atoms with Gasteiger partial charge in [-0.15, -0.1) is 0 Å². The Morgan fingerprint density at radius 1 is 1.39 bits per heavy atom. The summed E-state index contributed by atoms with van der Waals surface area (Å²) in [6.45, 7) is 3.03. The van der Waals surface area contributed by atoms with Crippen LogP contribution in [0.4, 0.5) is 0 Å². The van der Waals surface area contributed by atoms with Crippen LogP contribution in [0.1, 0.15) is 29.7 Å². The van der Waals surface area contributed by atoms with Gasteiger partial charge in [0.25, 0.3) is 0 Å². The summed E-state index contributed by atoms with van der Waals surface area (Å²) in [6, 6.07) is 8.71. The molecule has 0 amide bonds. The van der Waals surface area contributed by atoms with E-state index in [-0.39, 0.29) is 6.04 Å². The number of benzene rings is 1. The highest BCUT2D eigenvalue weighted by molar-refractivity contribution is 5.36. The van der Waals surface area contributed by atoms with Gasteiger partial charge < -0.3 is 5.73 Å². The summed E-state index contributed by atoms with van der Waals surface area (Å²) < 4.78 is 1.98.